The molecular formula is C17H16I3N3O9. The largest absolute Gasteiger partial charge is 0.480 e. The van der Waals surface area contributed by atoms with Gasteiger partial charge in [0.25, 0.3) is 17.6 Å². The lowest BCUT2D eigenvalue weighted by Gasteiger charge is -2.22. The van der Waals surface area contributed by atoms with Gasteiger partial charge >= 0.3 is 11.9 Å². The second-order valence-electron chi connectivity index (χ2n) is 6.01. The fourth-order valence-corrected chi connectivity index (χ4v) is 6.64. The van der Waals surface area contributed by atoms with Crippen LogP contribution in [0.15, 0.2) is 0 Å². The molecule has 0 aliphatic heterocycles. The van der Waals surface area contributed by atoms with Crippen molar-refractivity contribution >= 4 is 109 Å². The van der Waals surface area contributed by atoms with Crippen LogP contribution in [0.1, 0.15) is 20.7 Å². The summed E-state index contributed by atoms with van der Waals surface area (Å²) in [5.74, 6) is -6.38. The molecule has 3 amide bonds. The highest BCUT2D eigenvalue weighted by Crippen LogP contribution is 2.36. The fourth-order valence-electron chi connectivity index (χ4n) is 2.26. The molecule has 0 atom stereocenters. The van der Waals surface area contributed by atoms with Gasteiger partial charge in [-0.15, -0.1) is 0 Å². The molecule has 0 spiro atoms. The molecule has 15 heteroatoms. The van der Waals surface area contributed by atoms with Crippen molar-refractivity contribution in [3.8, 4) is 0 Å². The number of amides is 3. The zero-order valence-corrected chi connectivity index (χ0v) is 22.9. The minimum absolute atomic E-state index is 0.0677. The van der Waals surface area contributed by atoms with Crippen LogP contribution in [0.2, 0.25) is 0 Å². The van der Waals surface area contributed by atoms with Gasteiger partial charge in [-0.2, -0.15) is 0 Å². The lowest BCUT2D eigenvalue weighted by Crippen LogP contribution is -2.37. The third-order valence-corrected chi connectivity index (χ3v) is 6.90. The summed E-state index contributed by atoms with van der Waals surface area (Å²) in [5.41, 5.74) is -0.0298. The molecule has 0 fully saturated rings. The van der Waals surface area contributed by atoms with Crippen molar-refractivity contribution in [3.05, 3.63) is 21.8 Å². The van der Waals surface area contributed by atoms with Crippen molar-refractivity contribution in [2.45, 2.75) is 0 Å². The van der Waals surface area contributed by atoms with Gasteiger partial charge in [0, 0.05) is 17.7 Å². The smallest absolute Gasteiger partial charge is 0.374 e. The van der Waals surface area contributed by atoms with E-state index in [4.69, 9.17) is 14.9 Å². The van der Waals surface area contributed by atoms with Crippen LogP contribution in [-0.2, 0) is 23.9 Å². The fraction of sp³-hybridized carbons (Fsp3) is 0.294. The molecule has 0 saturated carbocycles. The molecule has 0 saturated heterocycles. The number of benzene rings is 1. The highest BCUT2D eigenvalue weighted by molar-refractivity contribution is 14.1. The first-order valence-corrected chi connectivity index (χ1v) is 11.6. The third-order valence-electron chi connectivity index (χ3n) is 3.66. The average molecular weight is 787 g/mol. The molecule has 0 radical (unpaired) electrons. The number of methoxy groups -OCH3 is 1. The molecule has 0 heterocycles. The maximum Gasteiger partial charge on any atom is 0.374 e. The van der Waals surface area contributed by atoms with Gasteiger partial charge in [-0.1, -0.05) is 0 Å². The first-order chi connectivity index (χ1) is 14.8. The molecular weight excluding hydrogens is 771 g/mol. The number of ketones is 1. The second-order valence-corrected chi connectivity index (χ2v) is 9.25. The number of carbonyl (C=O) groups is 6. The second kappa shape index (κ2) is 12.6. The summed E-state index contributed by atoms with van der Waals surface area (Å²) in [7, 11) is 2.51. The number of carbonyl (C=O) groups excluding carboxylic acids is 4. The Hall–Kier alpha value is -1.61. The highest BCUT2D eigenvalue weighted by atomic mass is 127. The van der Waals surface area contributed by atoms with Crippen LogP contribution < -0.4 is 10.6 Å². The van der Waals surface area contributed by atoms with Gasteiger partial charge in [-0.05, 0) is 67.8 Å². The summed E-state index contributed by atoms with van der Waals surface area (Å²) in [4.78, 5) is 71.9. The first kappa shape index (κ1) is 28.4. The molecule has 32 heavy (non-hydrogen) atoms. The van der Waals surface area contributed by atoms with Crippen LogP contribution in [0.25, 0.3) is 0 Å². The Bertz CT molecular complexity index is 997. The van der Waals surface area contributed by atoms with Crippen LogP contribution >= 0.6 is 67.8 Å². The molecule has 0 aromatic heterocycles. The molecule has 12 nitrogen and oxygen atoms in total. The van der Waals surface area contributed by atoms with Gasteiger partial charge in [0.2, 0.25) is 5.91 Å². The van der Waals surface area contributed by atoms with Crippen LogP contribution in [0.4, 0.5) is 5.69 Å². The van der Waals surface area contributed by atoms with Gasteiger partial charge in [-0.3, -0.25) is 24.0 Å². The Kier molecular flexibility index (Phi) is 11.2. The number of hydrogen-bond donors (Lipinski definition) is 4. The zero-order chi connectivity index (χ0) is 24.7. The van der Waals surface area contributed by atoms with E-state index in [1.165, 1.54) is 14.2 Å². The van der Waals surface area contributed by atoms with Crippen LogP contribution in [0, 0.1) is 10.7 Å². The maximum absolute atomic E-state index is 13.1. The Labute approximate surface area is 222 Å². The van der Waals surface area contributed by atoms with E-state index in [-0.39, 0.29) is 34.1 Å². The number of nitrogens with zero attached hydrogens (tertiary/aromatic N) is 1. The molecule has 1 rings (SSSR count). The molecule has 0 unspecified atom stereocenters. The normalized spacial score (nSPS) is 10.3. The van der Waals surface area contributed by atoms with E-state index in [9.17, 15) is 28.8 Å². The van der Waals surface area contributed by atoms with E-state index in [0.29, 0.717) is 0 Å². The van der Waals surface area contributed by atoms with Gasteiger partial charge in [0.1, 0.15) is 13.2 Å². The Morgan fingerprint density at radius 1 is 0.969 bits per heavy atom. The number of ether oxygens (including phenoxy) is 1. The number of anilines is 1. The summed E-state index contributed by atoms with van der Waals surface area (Å²) in [6.07, 6.45) is 0. The number of Topliss-reactive ketones (excluding diaryl/α,β-unsaturated/α-hetero) is 1. The summed E-state index contributed by atoms with van der Waals surface area (Å²) in [5, 5.41) is 22.4. The zero-order valence-electron chi connectivity index (χ0n) is 16.5. The Morgan fingerprint density at radius 2 is 1.53 bits per heavy atom. The molecule has 0 aliphatic rings. The highest BCUT2D eigenvalue weighted by Gasteiger charge is 2.31. The van der Waals surface area contributed by atoms with Crippen molar-refractivity contribution in [2.75, 3.05) is 39.2 Å². The molecule has 0 bridgehead atoms. The third kappa shape index (κ3) is 7.20. The van der Waals surface area contributed by atoms with E-state index in [0.717, 1.165) is 4.90 Å². The average Bonchev–Trinajstić information content (AvgIpc) is 2.69. The molecule has 0 aliphatic carbocycles. The van der Waals surface area contributed by atoms with Crippen molar-refractivity contribution in [1.29, 1.82) is 0 Å². The van der Waals surface area contributed by atoms with E-state index in [1.807, 2.05) is 0 Å². The standard InChI is InChI=1S/C17H16I3N3O9/c1-23(4-6(24)17(30)31)16(29)10-11(18)9(15(28)21-3-8(26)27)12(19)14(13(10)20)22-7(25)5-32-2/h3-5H2,1-2H3,(H,21,28)(H,22,25)(H,26,27)(H,30,31). The number of carboxylic acid groups (broad SMARTS) is 2. The lowest BCUT2D eigenvalue weighted by atomic mass is 10.1. The van der Waals surface area contributed by atoms with Gasteiger partial charge in [0.15, 0.2) is 0 Å². The van der Waals surface area contributed by atoms with Gasteiger partial charge < -0.3 is 30.5 Å². The quantitative estimate of drug-likeness (QED) is 0.196. The molecule has 174 valence electrons. The van der Waals surface area contributed by atoms with E-state index in [2.05, 4.69) is 10.6 Å². The predicted molar refractivity (Wildman–Crippen MR) is 135 cm³/mol. The maximum atomic E-state index is 13.1. The number of rotatable bonds is 10. The van der Waals surface area contributed by atoms with Crippen LogP contribution in [-0.4, -0.2) is 84.4 Å². The number of carboxylic acids is 2. The van der Waals surface area contributed by atoms with E-state index < -0.39 is 48.5 Å². The Morgan fingerprint density at radius 3 is 2.03 bits per heavy atom. The van der Waals surface area contributed by atoms with Crippen LogP contribution in [0.5, 0.6) is 0 Å². The Balaban J connectivity index is 3.64. The van der Waals surface area contributed by atoms with E-state index in [1.54, 1.807) is 67.8 Å². The SMILES string of the molecule is COCC(=O)Nc1c(I)c(C(=O)NCC(=O)O)c(I)c(C(=O)N(C)CC(=O)C(=O)O)c1I. The van der Waals surface area contributed by atoms with E-state index >= 15 is 0 Å². The number of aliphatic carboxylic acids is 2. The van der Waals surface area contributed by atoms with Crippen LogP contribution in [0.3, 0.4) is 0 Å². The van der Waals surface area contributed by atoms with Crippen molar-refractivity contribution < 1.29 is 43.7 Å². The number of halogens is 3. The number of likely N-dealkylation sites (N-methyl/N-ethyl adjacent to an activating group) is 1. The lowest BCUT2D eigenvalue weighted by molar-refractivity contribution is -0.149. The summed E-state index contributed by atoms with van der Waals surface area (Å²) in [6, 6.07) is 0. The topological polar surface area (TPSA) is 179 Å². The summed E-state index contributed by atoms with van der Waals surface area (Å²) < 4.78 is 5.37. The minimum atomic E-state index is -1.71. The minimum Gasteiger partial charge on any atom is -0.480 e. The number of hydrogen-bond acceptors (Lipinski definition) is 7. The predicted octanol–water partition coefficient (Wildman–Crippen LogP) is 0.625. The van der Waals surface area contributed by atoms with Crippen molar-refractivity contribution in [3.63, 3.8) is 0 Å². The summed E-state index contributed by atoms with van der Waals surface area (Å²) >= 11 is 5.29. The van der Waals surface area contributed by atoms with Gasteiger partial charge in [0.05, 0.1) is 30.5 Å². The monoisotopic (exact) mass is 787 g/mol. The number of nitrogens with one attached hydrogen (secondary N) is 2. The molecule has 1 aromatic carbocycles. The molecule has 1 aromatic rings. The molecule has 4 N–H and O–H groups in total. The first-order valence-electron chi connectivity index (χ1n) is 8.34. The van der Waals surface area contributed by atoms with Crippen molar-refractivity contribution in [1.82, 2.24) is 10.2 Å². The van der Waals surface area contributed by atoms with Crippen molar-refractivity contribution in [2.24, 2.45) is 0 Å². The van der Waals surface area contributed by atoms with Gasteiger partial charge in [-0.25, -0.2) is 4.79 Å². The summed E-state index contributed by atoms with van der Waals surface area (Å²) in [6.45, 7) is -1.72.